The fourth-order valence-electron chi connectivity index (χ4n) is 3.77. The van der Waals surface area contributed by atoms with Crippen LogP contribution in [0.5, 0.6) is 0 Å². The number of aromatic amines is 2. The number of nitrogens with one attached hydrogen (secondary N) is 3. The smallest absolute Gasteiger partial charge is 0.323 e. The minimum Gasteiger partial charge on any atom is -0.381 e. The first-order chi connectivity index (χ1) is 14.6. The van der Waals surface area contributed by atoms with Gasteiger partial charge in [-0.15, -0.1) is 0 Å². The van der Waals surface area contributed by atoms with Crippen molar-refractivity contribution in [3.8, 4) is 0 Å². The van der Waals surface area contributed by atoms with E-state index in [2.05, 4.69) is 38.2 Å². The van der Waals surface area contributed by atoms with E-state index in [1.807, 2.05) is 42.5 Å². The molecule has 0 spiro atoms. The lowest BCUT2D eigenvalue weighted by atomic mass is 10.1. The van der Waals surface area contributed by atoms with Crippen molar-refractivity contribution in [2.45, 2.75) is 13.1 Å². The third kappa shape index (κ3) is 3.58. The van der Waals surface area contributed by atoms with Crippen LogP contribution in [0.25, 0.3) is 21.9 Å². The fourth-order valence-corrected chi connectivity index (χ4v) is 4.24. The van der Waals surface area contributed by atoms with Gasteiger partial charge < -0.3 is 19.9 Å². The molecule has 5 aromatic rings. The molecule has 0 radical (unpaired) electrons. The average molecular weight is 437 g/mol. The maximum Gasteiger partial charge on any atom is 0.323 e. The van der Waals surface area contributed by atoms with E-state index in [0.29, 0.717) is 23.1 Å². The van der Waals surface area contributed by atoms with Gasteiger partial charge >= 0.3 is 5.69 Å². The van der Waals surface area contributed by atoms with E-state index >= 15 is 0 Å². The molecule has 3 aromatic carbocycles. The van der Waals surface area contributed by atoms with Crippen molar-refractivity contribution in [2.75, 3.05) is 5.32 Å². The normalized spacial score (nSPS) is 11.4. The second-order valence-electron chi connectivity index (χ2n) is 7.23. The summed E-state index contributed by atoms with van der Waals surface area (Å²) in [5.74, 6) is 0. The van der Waals surface area contributed by atoms with Crippen LogP contribution in [0.2, 0.25) is 10.0 Å². The number of H-pyrrole nitrogens is 2. The van der Waals surface area contributed by atoms with E-state index in [1.165, 1.54) is 10.9 Å². The topological polar surface area (TPSA) is 65.6 Å². The molecule has 30 heavy (non-hydrogen) atoms. The second kappa shape index (κ2) is 7.59. The summed E-state index contributed by atoms with van der Waals surface area (Å²) in [6, 6.07) is 19.7. The molecule has 0 bridgehead atoms. The number of imidazole rings is 1. The summed E-state index contributed by atoms with van der Waals surface area (Å²) < 4.78 is 2.20. The number of hydrogen-bond donors (Lipinski definition) is 3. The molecule has 5 rings (SSSR count). The summed E-state index contributed by atoms with van der Waals surface area (Å²) in [5.41, 5.74) is 5.65. The molecule has 0 fully saturated rings. The zero-order chi connectivity index (χ0) is 20.7. The number of fused-ring (bicyclic) bond motifs is 2. The number of nitrogens with zero attached hydrogens (tertiary/aromatic N) is 1. The van der Waals surface area contributed by atoms with Gasteiger partial charge in [0.25, 0.3) is 0 Å². The Kier molecular flexibility index (Phi) is 4.77. The summed E-state index contributed by atoms with van der Waals surface area (Å²) in [5, 5.41) is 5.94. The van der Waals surface area contributed by atoms with Crippen LogP contribution in [0.4, 0.5) is 5.69 Å². The minimum atomic E-state index is -0.203. The van der Waals surface area contributed by atoms with E-state index in [0.717, 1.165) is 27.8 Å². The average Bonchev–Trinajstić information content (AvgIpc) is 3.27. The summed E-state index contributed by atoms with van der Waals surface area (Å²) in [6.45, 7) is 1.31. The predicted octanol–water partition coefficient (Wildman–Crippen LogP) is 5.78. The lowest BCUT2D eigenvalue weighted by Gasteiger charge is -2.08. The van der Waals surface area contributed by atoms with Gasteiger partial charge in [-0.2, -0.15) is 0 Å². The number of benzene rings is 3. The SMILES string of the molecule is O=c1[nH]c2ccc(NCc3cn(Cc4ccc(Cl)cc4Cl)c4ccccc34)cc2[nH]1. The van der Waals surface area contributed by atoms with Crippen LogP contribution >= 0.6 is 23.2 Å². The van der Waals surface area contributed by atoms with Crippen LogP contribution in [0.3, 0.4) is 0 Å². The number of hydrogen-bond acceptors (Lipinski definition) is 2. The second-order valence-corrected chi connectivity index (χ2v) is 8.07. The Hall–Kier alpha value is -3.15. The molecule has 0 saturated carbocycles. The van der Waals surface area contributed by atoms with Crippen molar-refractivity contribution in [3.05, 3.63) is 98.5 Å². The Morgan fingerprint density at radius 3 is 2.60 bits per heavy atom. The molecule has 0 saturated heterocycles. The lowest BCUT2D eigenvalue weighted by Crippen LogP contribution is -2.00. The molecule has 0 amide bonds. The minimum absolute atomic E-state index is 0.203. The first-order valence-corrected chi connectivity index (χ1v) is 10.3. The highest BCUT2D eigenvalue weighted by Gasteiger charge is 2.10. The summed E-state index contributed by atoms with van der Waals surface area (Å²) in [7, 11) is 0. The molecule has 0 unspecified atom stereocenters. The standard InChI is InChI=1S/C23H18Cl2N4O/c24-16-6-5-14(19(25)9-16)12-29-13-15(18-3-1-2-4-22(18)29)11-26-17-7-8-20-21(10-17)28-23(30)27-20/h1-10,13,26H,11-12H2,(H2,27,28,30). The fraction of sp³-hybridized carbons (Fsp3) is 0.0870. The van der Waals surface area contributed by atoms with Crippen LogP contribution in [0, 0.1) is 0 Å². The van der Waals surface area contributed by atoms with E-state index in [-0.39, 0.29) is 5.69 Å². The summed E-state index contributed by atoms with van der Waals surface area (Å²) in [6.07, 6.45) is 2.15. The van der Waals surface area contributed by atoms with Crippen LogP contribution in [-0.4, -0.2) is 14.5 Å². The first kappa shape index (κ1) is 18.9. The Morgan fingerprint density at radius 1 is 0.900 bits per heavy atom. The van der Waals surface area contributed by atoms with Gasteiger partial charge in [-0.25, -0.2) is 4.79 Å². The molecule has 0 aliphatic carbocycles. The first-order valence-electron chi connectivity index (χ1n) is 9.53. The van der Waals surface area contributed by atoms with Crippen molar-refractivity contribution in [1.29, 1.82) is 0 Å². The van der Waals surface area contributed by atoms with Gasteiger partial charge in [0.05, 0.1) is 11.0 Å². The highest BCUT2D eigenvalue weighted by Crippen LogP contribution is 2.27. The zero-order valence-corrected chi connectivity index (χ0v) is 17.4. The molecule has 2 heterocycles. The van der Waals surface area contributed by atoms with E-state index < -0.39 is 0 Å². The maximum absolute atomic E-state index is 11.5. The number of para-hydroxylation sites is 1. The summed E-state index contributed by atoms with van der Waals surface area (Å²) >= 11 is 12.4. The van der Waals surface area contributed by atoms with Gasteiger partial charge in [-0.3, -0.25) is 0 Å². The zero-order valence-electron chi connectivity index (χ0n) is 15.9. The van der Waals surface area contributed by atoms with Gasteiger partial charge in [0, 0.05) is 45.9 Å². The number of halogens is 2. The van der Waals surface area contributed by atoms with Crippen LogP contribution in [0.15, 0.2) is 71.7 Å². The van der Waals surface area contributed by atoms with Crippen LogP contribution in [0.1, 0.15) is 11.1 Å². The van der Waals surface area contributed by atoms with Gasteiger partial charge in [-0.1, -0.05) is 47.5 Å². The van der Waals surface area contributed by atoms with Gasteiger partial charge in [0.2, 0.25) is 0 Å². The molecule has 3 N–H and O–H groups in total. The van der Waals surface area contributed by atoms with Gasteiger partial charge in [0.1, 0.15) is 0 Å². The Morgan fingerprint density at radius 2 is 1.73 bits per heavy atom. The Bertz CT molecular complexity index is 1430. The third-order valence-electron chi connectivity index (χ3n) is 5.23. The predicted molar refractivity (Wildman–Crippen MR) is 124 cm³/mol. The molecule has 2 aromatic heterocycles. The highest BCUT2D eigenvalue weighted by atomic mass is 35.5. The molecule has 0 atom stereocenters. The number of aromatic nitrogens is 3. The molecular weight excluding hydrogens is 419 g/mol. The van der Waals surface area contributed by atoms with E-state index in [1.54, 1.807) is 6.07 Å². The van der Waals surface area contributed by atoms with Gasteiger partial charge in [0.15, 0.2) is 0 Å². The van der Waals surface area contributed by atoms with Gasteiger partial charge in [-0.05, 0) is 47.5 Å². The molecule has 0 aliphatic heterocycles. The monoisotopic (exact) mass is 436 g/mol. The molecule has 7 heteroatoms. The third-order valence-corrected chi connectivity index (χ3v) is 5.81. The van der Waals surface area contributed by atoms with Crippen LogP contribution in [-0.2, 0) is 13.1 Å². The van der Waals surface area contributed by atoms with Crippen molar-refractivity contribution < 1.29 is 0 Å². The van der Waals surface area contributed by atoms with Crippen molar-refractivity contribution >= 4 is 50.8 Å². The van der Waals surface area contributed by atoms with Crippen molar-refractivity contribution in [3.63, 3.8) is 0 Å². The highest BCUT2D eigenvalue weighted by molar-refractivity contribution is 6.35. The largest absolute Gasteiger partial charge is 0.381 e. The van der Waals surface area contributed by atoms with E-state index in [4.69, 9.17) is 23.2 Å². The summed E-state index contributed by atoms with van der Waals surface area (Å²) in [4.78, 5) is 17.0. The quantitative estimate of drug-likeness (QED) is 0.327. The Balaban J connectivity index is 1.44. The molecule has 5 nitrogen and oxygen atoms in total. The maximum atomic E-state index is 11.5. The Labute approximate surface area is 182 Å². The van der Waals surface area contributed by atoms with Crippen LogP contribution < -0.4 is 11.0 Å². The number of rotatable bonds is 5. The molecule has 0 aliphatic rings. The van der Waals surface area contributed by atoms with Crippen molar-refractivity contribution in [1.82, 2.24) is 14.5 Å². The lowest BCUT2D eigenvalue weighted by molar-refractivity contribution is 0.831. The number of anilines is 1. The van der Waals surface area contributed by atoms with E-state index in [9.17, 15) is 4.79 Å². The molecule has 150 valence electrons. The molecular formula is C23H18Cl2N4O. The van der Waals surface area contributed by atoms with Crippen molar-refractivity contribution in [2.24, 2.45) is 0 Å².